The molecule has 0 aliphatic heterocycles. The monoisotopic (exact) mass is 499 g/mol. The molecular formula is C25H26ClN3O4S. The van der Waals surface area contributed by atoms with Crippen molar-refractivity contribution in [2.75, 3.05) is 13.1 Å². The van der Waals surface area contributed by atoms with E-state index in [1.165, 1.54) is 12.1 Å². The number of aliphatic hydroxyl groups is 2. The molecule has 0 unspecified atom stereocenters. The van der Waals surface area contributed by atoms with Gasteiger partial charge >= 0.3 is 4.87 Å². The number of phenols is 1. The van der Waals surface area contributed by atoms with Gasteiger partial charge in [0.1, 0.15) is 11.3 Å². The van der Waals surface area contributed by atoms with Gasteiger partial charge in [-0.15, -0.1) is 0 Å². The predicted octanol–water partition coefficient (Wildman–Crippen LogP) is 3.21. The topological polar surface area (TPSA) is 118 Å². The Labute approximate surface area is 205 Å². The van der Waals surface area contributed by atoms with Crippen LogP contribution in [0.4, 0.5) is 0 Å². The molecule has 9 heteroatoms. The third kappa shape index (κ3) is 5.85. The Morgan fingerprint density at radius 1 is 0.971 bits per heavy atom. The molecule has 0 saturated heterocycles. The maximum absolute atomic E-state index is 11.7. The Kier molecular flexibility index (Phi) is 7.67. The summed E-state index contributed by atoms with van der Waals surface area (Å²) in [6.45, 7) is 1.79. The van der Waals surface area contributed by atoms with Gasteiger partial charge < -0.3 is 30.9 Å². The Morgan fingerprint density at radius 2 is 1.76 bits per heavy atom. The minimum absolute atomic E-state index is 0.109. The largest absolute Gasteiger partial charge is 0.506 e. The van der Waals surface area contributed by atoms with Crippen LogP contribution in [-0.2, 0) is 25.3 Å². The van der Waals surface area contributed by atoms with Gasteiger partial charge in [-0.1, -0.05) is 65.4 Å². The quantitative estimate of drug-likeness (QED) is 0.147. The number of hydrogen-bond acceptors (Lipinski definition) is 7. The summed E-state index contributed by atoms with van der Waals surface area (Å²) in [5.74, 6) is -2.30. The normalized spacial score (nSPS) is 11.9. The number of halogens is 1. The molecule has 0 bridgehead atoms. The first kappa shape index (κ1) is 24.4. The lowest BCUT2D eigenvalue weighted by Crippen LogP contribution is -2.38. The second kappa shape index (κ2) is 10.7. The molecule has 0 atom stereocenters. The lowest BCUT2D eigenvalue weighted by atomic mass is 10.0. The number of H-pyrrole nitrogens is 1. The summed E-state index contributed by atoms with van der Waals surface area (Å²) < 4.78 is 0.328. The summed E-state index contributed by atoms with van der Waals surface area (Å²) in [5, 5.41) is 38.4. The van der Waals surface area contributed by atoms with Gasteiger partial charge in [0.25, 0.3) is 0 Å². The Hall–Kier alpha value is -2.72. The van der Waals surface area contributed by atoms with Gasteiger partial charge in [0.05, 0.1) is 11.2 Å². The summed E-state index contributed by atoms with van der Waals surface area (Å²) in [7, 11) is 0. The van der Waals surface area contributed by atoms with E-state index in [0.29, 0.717) is 30.8 Å². The van der Waals surface area contributed by atoms with E-state index < -0.39 is 5.79 Å². The first-order valence-corrected chi connectivity index (χ1v) is 12.1. The lowest BCUT2D eigenvalue weighted by molar-refractivity contribution is -0.164. The fourth-order valence-electron chi connectivity index (χ4n) is 3.80. The van der Waals surface area contributed by atoms with Crippen LogP contribution in [-0.4, -0.2) is 33.4 Å². The van der Waals surface area contributed by atoms with Crippen molar-refractivity contribution < 1.29 is 15.3 Å². The summed E-state index contributed by atoms with van der Waals surface area (Å²) in [6, 6.07) is 18.7. The number of nitrogens with one attached hydrogen (secondary N) is 3. The number of rotatable bonds is 10. The molecule has 0 spiro atoms. The third-order valence-electron chi connectivity index (χ3n) is 5.54. The van der Waals surface area contributed by atoms with Crippen molar-refractivity contribution in [2.24, 2.45) is 0 Å². The number of fused-ring (bicyclic) bond motifs is 1. The number of phenolic OH excluding ortho intramolecular Hbond substituents is 1. The highest BCUT2D eigenvalue weighted by Crippen LogP contribution is 2.32. The molecular weight excluding hydrogens is 474 g/mol. The molecule has 0 fully saturated rings. The van der Waals surface area contributed by atoms with E-state index in [4.69, 9.17) is 11.6 Å². The van der Waals surface area contributed by atoms with Crippen LogP contribution in [0.15, 0.2) is 65.5 Å². The second-order valence-electron chi connectivity index (χ2n) is 8.11. The number of aromatic nitrogens is 1. The van der Waals surface area contributed by atoms with Crippen LogP contribution >= 0.6 is 22.9 Å². The molecule has 1 heterocycles. The van der Waals surface area contributed by atoms with Crippen molar-refractivity contribution in [3.63, 3.8) is 0 Å². The van der Waals surface area contributed by atoms with Crippen molar-refractivity contribution >= 4 is 33.2 Å². The van der Waals surface area contributed by atoms with Gasteiger partial charge in [-0.3, -0.25) is 4.79 Å². The molecule has 0 saturated carbocycles. The summed E-state index contributed by atoms with van der Waals surface area (Å²) in [4.78, 5) is 13.8. The number of benzene rings is 3. The van der Waals surface area contributed by atoms with E-state index in [2.05, 4.69) is 27.8 Å². The standard InChI is InChI=1S/C25H26ClN3O4S/c26-20-7-2-1-6-18(20)14-28-13-17-5-3-4-16(12-17)10-11-27-15-25(32,33)19-8-9-21(30)22-23(19)34-24(31)29-22/h1-9,12,27-28,30,32-33H,10-11,13-15H2,(H,29,31). The van der Waals surface area contributed by atoms with E-state index in [1.54, 1.807) is 0 Å². The van der Waals surface area contributed by atoms with Gasteiger partial charge in [0.2, 0.25) is 5.79 Å². The van der Waals surface area contributed by atoms with Gasteiger partial charge in [-0.05, 0) is 47.9 Å². The molecule has 1 aromatic heterocycles. The Bertz CT molecular complexity index is 1340. The van der Waals surface area contributed by atoms with Gasteiger partial charge in [-0.2, -0.15) is 0 Å². The maximum atomic E-state index is 11.7. The first-order valence-electron chi connectivity index (χ1n) is 10.9. The highest BCUT2D eigenvalue weighted by Gasteiger charge is 2.29. The fourth-order valence-corrected chi connectivity index (χ4v) is 4.94. The van der Waals surface area contributed by atoms with Crippen molar-refractivity contribution in [2.45, 2.75) is 25.3 Å². The first-order chi connectivity index (χ1) is 16.3. The van der Waals surface area contributed by atoms with Crippen LogP contribution in [0.3, 0.4) is 0 Å². The number of aromatic hydroxyl groups is 1. The van der Waals surface area contributed by atoms with E-state index in [-0.39, 0.29) is 28.2 Å². The van der Waals surface area contributed by atoms with Crippen molar-refractivity contribution in [1.29, 1.82) is 0 Å². The van der Waals surface area contributed by atoms with Crippen LogP contribution in [0.2, 0.25) is 5.02 Å². The molecule has 0 aliphatic rings. The lowest BCUT2D eigenvalue weighted by Gasteiger charge is -2.23. The smallest absolute Gasteiger partial charge is 0.305 e. The average Bonchev–Trinajstić information content (AvgIpc) is 3.20. The molecule has 3 aromatic carbocycles. The van der Waals surface area contributed by atoms with Crippen LogP contribution in [0.25, 0.3) is 10.2 Å². The van der Waals surface area contributed by atoms with Crippen LogP contribution in [0, 0.1) is 0 Å². The molecule has 6 N–H and O–H groups in total. The van der Waals surface area contributed by atoms with Crippen molar-refractivity contribution in [3.8, 4) is 5.75 Å². The van der Waals surface area contributed by atoms with Crippen LogP contribution < -0.4 is 15.5 Å². The molecule has 0 amide bonds. The number of aromatic amines is 1. The highest BCUT2D eigenvalue weighted by molar-refractivity contribution is 7.16. The van der Waals surface area contributed by atoms with Gasteiger partial charge in [-0.25, -0.2) is 0 Å². The van der Waals surface area contributed by atoms with Crippen molar-refractivity contribution in [1.82, 2.24) is 15.6 Å². The predicted molar refractivity (Wildman–Crippen MR) is 135 cm³/mol. The summed E-state index contributed by atoms with van der Waals surface area (Å²) >= 11 is 7.03. The summed E-state index contributed by atoms with van der Waals surface area (Å²) in [5.41, 5.74) is 3.71. The van der Waals surface area contributed by atoms with E-state index in [0.717, 1.165) is 33.0 Å². The molecule has 4 aromatic rings. The average molecular weight is 500 g/mol. The van der Waals surface area contributed by atoms with E-state index in [9.17, 15) is 20.1 Å². The Balaban J connectivity index is 1.29. The molecule has 0 aliphatic carbocycles. The van der Waals surface area contributed by atoms with Gasteiger partial charge in [0, 0.05) is 23.7 Å². The third-order valence-corrected chi connectivity index (χ3v) is 6.83. The fraction of sp³-hybridized carbons (Fsp3) is 0.240. The molecule has 7 nitrogen and oxygen atoms in total. The summed E-state index contributed by atoms with van der Waals surface area (Å²) in [6.07, 6.45) is 0.705. The SMILES string of the molecule is O=c1[nH]c2c(O)ccc(C(O)(O)CNCCc3cccc(CNCc4ccccc4Cl)c3)c2s1. The maximum Gasteiger partial charge on any atom is 0.305 e. The second-order valence-corrected chi connectivity index (χ2v) is 9.50. The van der Waals surface area contributed by atoms with Crippen LogP contribution in [0.5, 0.6) is 5.75 Å². The van der Waals surface area contributed by atoms with E-state index in [1.807, 2.05) is 36.4 Å². The number of hydrogen-bond donors (Lipinski definition) is 6. The molecule has 178 valence electrons. The Morgan fingerprint density at radius 3 is 2.59 bits per heavy atom. The highest BCUT2D eigenvalue weighted by atomic mass is 35.5. The van der Waals surface area contributed by atoms with Crippen molar-refractivity contribution in [3.05, 3.63) is 97.6 Å². The number of thiazole rings is 1. The zero-order valence-electron chi connectivity index (χ0n) is 18.3. The zero-order chi connectivity index (χ0) is 24.1. The molecule has 4 rings (SSSR count). The van der Waals surface area contributed by atoms with Crippen LogP contribution in [0.1, 0.15) is 22.3 Å². The minimum atomic E-state index is -2.19. The van der Waals surface area contributed by atoms with E-state index >= 15 is 0 Å². The van der Waals surface area contributed by atoms with Gasteiger partial charge in [0.15, 0.2) is 0 Å². The minimum Gasteiger partial charge on any atom is -0.506 e. The molecule has 34 heavy (non-hydrogen) atoms. The zero-order valence-corrected chi connectivity index (χ0v) is 19.9. The molecule has 0 radical (unpaired) electrons.